The number of nitrogens with zero attached hydrogens (tertiary/aromatic N) is 1. The molecule has 4 heteroatoms. The van der Waals surface area contributed by atoms with Gasteiger partial charge in [-0.1, -0.05) is 12.1 Å². The summed E-state index contributed by atoms with van der Waals surface area (Å²) in [5.41, 5.74) is 6.39. The molecule has 1 aromatic carbocycles. The van der Waals surface area contributed by atoms with Gasteiger partial charge in [-0.25, -0.2) is 4.98 Å². The lowest BCUT2D eigenvalue weighted by Gasteiger charge is -2.07. The third-order valence-corrected chi connectivity index (χ3v) is 2.26. The molecule has 0 spiro atoms. The topological polar surface area (TPSA) is 57.4 Å². The Balaban J connectivity index is 2.02. The van der Waals surface area contributed by atoms with Gasteiger partial charge in [0.25, 0.3) is 0 Å². The molecule has 0 bridgehead atoms. The predicted octanol–water partition coefficient (Wildman–Crippen LogP) is 2.25. The fourth-order valence-corrected chi connectivity index (χ4v) is 1.43. The Bertz CT molecular complexity index is 500. The molecule has 2 N–H and O–H groups in total. The summed E-state index contributed by atoms with van der Waals surface area (Å²) >= 11 is 0. The zero-order valence-electron chi connectivity index (χ0n) is 9.59. The van der Waals surface area contributed by atoms with Crippen LogP contribution in [-0.2, 0) is 6.61 Å². The smallest absolute Gasteiger partial charge is 0.130 e. The highest BCUT2D eigenvalue weighted by atomic mass is 16.5. The Morgan fingerprint density at radius 2 is 1.88 bits per heavy atom. The van der Waals surface area contributed by atoms with Crippen LogP contribution in [0.1, 0.15) is 5.69 Å². The van der Waals surface area contributed by atoms with Gasteiger partial charge in [0.05, 0.1) is 12.8 Å². The van der Waals surface area contributed by atoms with E-state index in [0.29, 0.717) is 12.4 Å². The average Bonchev–Trinajstić information content (AvgIpc) is 2.37. The minimum atomic E-state index is 0.387. The van der Waals surface area contributed by atoms with Crippen LogP contribution in [0.5, 0.6) is 11.5 Å². The van der Waals surface area contributed by atoms with E-state index in [9.17, 15) is 0 Å². The van der Waals surface area contributed by atoms with E-state index >= 15 is 0 Å². The van der Waals surface area contributed by atoms with E-state index < -0.39 is 0 Å². The first-order chi connectivity index (χ1) is 8.28. The summed E-state index contributed by atoms with van der Waals surface area (Å²) in [6.07, 6.45) is 0. The Morgan fingerprint density at radius 3 is 2.65 bits per heavy atom. The monoisotopic (exact) mass is 230 g/mol. The number of ether oxygens (including phenoxy) is 2. The number of hydrogen-bond acceptors (Lipinski definition) is 4. The van der Waals surface area contributed by atoms with Crippen molar-refractivity contribution in [3.05, 3.63) is 48.2 Å². The van der Waals surface area contributed by atoms with Gasteiger partial charge in [0.1, 0.15) is 23.9 Å². The lowest BCUT2D eigenvalue weighted by molar-refractivity contribution is 0.299. The van der Waals surface area contributed by atoms with Gasteiger partial charge in [0, 0.05) is 6.07 Å². The second-order valence-electron chi connectivity index (χ2n) is 3.52. The van der Waals surface area contributed by atoms with Crippen LogP contribution in [0.3, 0.4) is 0 Å². The van der Waals surface area contributed by atoms with Crippen molar-refractivity contribution in [3.8, 4) is 11.5 Å². The Labute approximate surface area is 100 Å². The molecule has 0 aliphatic carbocycles. The molecule has 2 aromatic rings. The van der Waals surface area contributed by atoms with E-state index in [1.165, 1.54) is 0 Å². The first-order valence-electron chi connectivity index (χ1n) is 5.26. The second kappa shape index (κ2) is 5.21. The first-order valence-corrected chi connectivity index (χ1v) is 5.26. The van der Waals surface area contributed by atoms with E-state index in [2.05, 4.69) is 4.98 Å². The second-order valence-corrected chi connectivity index (χ2v) is 3.52. The lowest BCUT2D eigenvalue weighted by Crippen LogP contribution is -2.00. The molecule has 4 nitrogen and oxygen atoms in total. The number of aromatic nitrogens is 1. The van der Waals surface area contributed by atoms with Gasteiger partial charge < -0.3 is 15.2 Å². The minimum Gasteiger partial charge on any atom is -0.497 e. The number of pyridine rings is 1. The molecule has 0 fully saturated rings. The molecule has 0 atom stereocenters. The summed E-state index contributed by atoms with van der Waals surface area (Å²) < 4.78 is 10.7. The quantitative estimate of drug-likeness (QED) is 0.875. The van der Waals surface area contributed by atoms with Gasteiger partial charge in [0.15, 0.2) is 0 Å². The van der Waals surface area contributed by atoms with Crippen molar-refractivity contribution in [2.24, 2.45) is 0 Å². The van der Waals surface area contributed by atoms with Crippen LogP contribution in [0, 0.1) is 0 Å². The van der Waals surface area contributed by atoms with Crippen LogP contribution < -0.4 is 15.2 Å². The number of benzene rings is 1. The molecule has 0 amide bonds. The molecular weight excluding hydrogens is 216 g/mol. The summed E-state index contributed by atoms with van der Waals surface area (Å²) in [4.78, 5) is 4.15. The van der Waals surface area contributed by atoms with Crippen LogP contribution in [0.4, 0.5) is 5.82 Å². The molecule has 1 aromatic heterocycles. The fourth-order valence-electron chi connectivity index (χ4n) is 1.43. The van der Waals surface area contributed by atoms with Crippen molar-refractivity contribution in [2.45, 2.75) is 6.61 Å². The summed E-state index contributed by atoms with van der Waals surface area (Å²) in [6.45, 7) is 0.387. The number of nitrogen functional groups attached to an aromatic ring is 1. The Kier molecular flexibility index (Phi) is 3.45. The maximum atomic E-state index is 5.59. The van der Waals surface area contributed by atoms with Gasteiger partial charge >= 0.3 is 0 Å². The molecule has 0 unspecified atom stereocenters. The van der Waals surface area contributed by atoms with Gasteiger partial charge in [-0.2, -0.15) is 0 Å². The van der Waals surface area contributed by atoms with Gasteiger partial charge in [-0.3, -0.25) is 0 Å². The summed E-state index contributed by atoms with van der Waals surface area (Å²) in [5, 5.41) is 0. The predicted molar refractivity (Wildman–Crippen MR) is 66.0 cm³/mol. The summed E-state index contributed by atoms with van der Waals surface area (Å²) in [6, 6.07) is 12.9. The first kappa shape index (κ1) is 11.3. The molecule has 2 rings (SSSR count). The molecule has 0 saturated carbocycles. The molecule has 0 aliphatic rings. The minimum absolute atomic E-state index is 0.387. The number of nitrogens with two attached hydrogens (primary N) is 1. The highest BCUT2D eigenvalue weighted by Crippen LogP contribution is 2.19. The third kappa shape index (κ3) is 3.11. The van der Waals surface area contributed by atoms with Crippen molar-refractivity contribution in [2.75, 3.05) is 12.8 Å². The van der Waals surface area contributed by atoms with Crippen molar-refractivity contribution in [1.29, 1.82) is 0 Å². The molecule has 0 saturated heterocycles. The van der Waals surface area contributed by atoms with E-state index in [-0.39, 0.29) is 0 Å². The SMILES string of the molecule is COc1cccc(OCc2cccc(N)n2)c1. The van der Waals surface area contributed by atoms with Crippen LogP contribution >= 0.6 is 0 Å². The Hall–Kier alpha value is -2.23. The van der Waals surface area contributed by atoms with E-state index in [0.717, 1.165) is 17.2 Å². The number of methoxy groups -OCH3 is 1. The molecule has 0 aliphatic heterocycles. The highest BCUT2D eigenvalue weighted by Gasteiger charge is 1.99. The van der Waals surface area contributed by atoms with Crippen molar-refractivity contribution in [3.63, 3.8) is 0 Å². The van der Waals surface area contributed by atoms with Crippen LogP contribution in [0.2, 0.25) is 0 Å². The average molecular weight is 230 g/mol. The maximum absolute atomic E-state index is 5.59. The molecular formula is C13H14N2O2. The summed E-state index contributed by atoms with van der Waals surface area (Å²) in [7, 11) is 1.62. The number of hydrogen-bond donors (Lipinski definition) is 1. The zero-order valence-corrected chi connectivity index (χ0v) is 9.59. The van der Waals surface area contributed by atoms with Crippen molar-refractivity contribution >= 4 is 5.82 Å². The highest BCUT2D eigenvalue weighted by molar-refractivity contribution is 5.33. The van der Waals surface area contributed by atoms with E-state index in [1.807, 2.05) is 36.4 Å². The van der Waals surface area contributed by atoms with E-state index in [4.69, 9.17) is 15.2 Å². The standard InChI is InChI=1S/C13H14N2O2/c1-16-11-5-3-6-12(8-11)17-9-10-4-2-7-13(14)15-10/h2-8H,9H2,1H3,(H2,14,15). The van der Waals surface area contributed by atoms with Crippen LogP contribution in [0.15, 0.2) is 42.5 Å². The van der Waals surface area contributed by atoms with Crippen LogP contribution in [0.25, 0.3) is 0 Å². The maximum Gasteiger partial charge on any atom is 0.130 e. The summed E-state index contributed by atoms with van der Waals surface area (Å²) in [5.74, 6) is 2.01. The van der Waals surface area contributed by atoms with E-state index in [1.54, 1.807) is 13.2 Å². The Morgan fingerprint density at radius 1 is 1.12 bits per heavy atom. The zero-order chi connectivity index (χ0) is 12.1. The number of rotatable bonds is 4. The molecule has 1 heterocycles. The normalized spacial score (nSPS) is 9.94. The molecule has 0 radical (unpaired) electrons. The lowest BCUT2D eigenvalue weighted by atomic mass is 10.3. The van der Waals surface area contributed by atoms with Gasteiger partial charge in [0.2, 0.25) is 0 Å². The van der Waals surface area contributed by atoms with Crippen molar-refractivity contribution < 1.29 is 9.47 Å². The fraction of sp³-hybridized carbons (Fsp3) is 0.154. The number of anilines is 1. The van der Waals surface area contributed by atoms with Gasteiger partial charge in [-0.05, 0) is 24.3 Å². The molecule has 88 valence electrons. The van der Waals surface area contributed by atoms with Crippen molar-refractivity contribution in [1.82, 2.24) is 4.98 Å². The molecule has 17 heavy (non-hydrogen) atoms. The largest absolute Gasteiger partial charge is 0.497 e. The third-order valence-electron chi connectivity index (χ3n) is 2.26. The van der Waals surface area contributed by atoms with Gasteiger partial charge in [-0.15, -0.1) is 0 Å². The van der Waals surface area contributed by atoms with Crippen LogP contribution in [-0.4, -0.2) is 12.1 Å².